The Balaban J connectivity index is -0.000000838. The van der Waals surface area contributed by atoms with E-state index in [1.807, 2.05) is 4.98 Å². The van der Waals surface area contributed by atoms with Crippen molar-refractivity contribution >= 4 is 23.5 Å². The molecule has 0 aliphatic carbocycles. The topological polar surface area (TPSA) is 283 Å². The molecular formula is C33H76N7O14P3. The summed E-state index contributed by atoms with van der Waals surface area (Å²) in [6.07, 6.45) is -3.29. The summed E-state index contributed by atoms with van der Waals surface area (Å²) >= 11 is 0. The molecule has 21 nitrogen and oxygen atoms in total. The standard InChI is InChI=1S/C9H16N3O14P3.4C6H15N/c10-6-7(14)4(24-8(6)12-2-1-5(13)11-9(12)15)3-23-28(19,20)26-29(21,22)25-27(16,17)18;4*1-4-7(5-2)6-3/h1-2,4,6-8,14H,3,10H2,(H,19,20)(H,21,22)(H,11,13,15)(H2,16,17,18);4*4-6H2,1-3H3/t4-,6-,7-,8-;;;;/m1..../s1. The van der Waals surface area contributed by atoms with Crippen LogP contribution >= 0.6 is 23.5 Å². The van der Waals surface area contributed by atoms with Crippen molar-refractivity contribution in [1.29, 1.82) is 0 Å². The second kappa shape index (κ2) is 32.6. The fourth-order valence-electron chi connectivity index (χ4n) is 4.94. The first kappa shape index (κ1) is 60.1. The lowest BCUT2D eigenvalue weighted by molar-refractivity contribution is -0.0455. The smallest absolute Gasteiger partial charge is 0.389 e. The van der Waals surface area contributed by atoms with Gasteiger partial charge in [-0.15, -0.1) is 0 Å². The summed E-state index contributed by atoms with van der Waals surface area (Å²) in [5, 5.41) is 10.1. The van der Waals surface area contributed by atoms with Crippen LogP contribution in [-0.2, 0) is 31.6 Å². The third-order valence-electron chi connectivity index (χ3n) is 8.73. The first-order valence-electron chi connectivity index (χ1n) is 19.6. The molecule has 2 unspecified atom stereocenters. The maximum Gasteiger partial charge on any atom is 0.490 e. The number of rotatable bonds is 20. The monoisotopic (exact) mass is 887 g/mol. The zero-order valence-electron chi connectivity index (χ0n) is 36.2. The number of nitrogens with two attached hydrogens (primary N) is 1. The molecule has 0 radical (unpaired) electrons. The second-order valence-electron chi connectivity index (χ2n) is 12.0. The molecule has 1 aliphatic rings. The minimum absolute atomic E-state index is 0.706. The third-order valence-corrected chi connectivity index (χ3v) is 12.5. The van der Waals surface area contributed by atoms with Gasteiger partial charge in [0.1, 0.15) is 12.2 Å². The SMILES string of the molecule is CCN(CC)CC.CCN(CC)CC.CCN(CC)CC.CCN(CC)CC.N[C@@H]1[C@H](O)[C@@H](COP(=O)(O)OP(=O)(O)OP(=O)(O)O)O[C@H]1n1ccc(=O)[nH]c1=O. The van der Waals surface area contributed by atoms with Crippen LogP contribution in [0.4, 0.5) is 0 Å². The first-order chi connectivity index (χ1) is 26.5. The van der Waals surface area contributed by atoms with Gasteiger partial charge < -0.3 is 54.8 Å². The van der Waals surface area contributed by atoms with E-state index in [0.29, 0.717) is 0 Å². The molecule has 24 heteroatoms. The molecule has 342 valence electrons. The Labute approximate surface area is 339 Å². The fourth-order valence-corrected chi connectivity index (χ4v) is 7.97. The molecule has 2 rings (SSSR count). The number of aromatic amines is 1. The highest BCUT2D eigenvalue weighted by molar-refractivity contribution is 7.66. The van der Waals surface area contributed by atoms with Crippen molar-refractivity contribution in [2.75, 3.05) is 85.1 Å². The molecule has 8 N–H and O–H groups in total. The van der Waals surface area contributed by atoms with Crippen LogP contribution in [-0.4, -0.2) is 157 Å². The predicted molar refractivity (Wildman–Crippen MR) is 223 cm³/mol. The molecule has 1 fully saturated rings. The maximum absolute atomic E-state index is 11.8. The molecule has 0 amide bonds. The molecular weight excluding hydrogens is 811 g/mol. The summed E-state index contributed by atoms with van der Waals surface area (Å²) in [6, 6.07) is -0.281. The van der Waals surface area contributed by atoms with Crippen molar-refractivity contribution < 1.29 is 56.3 Å². The molecule has 57 heavy (non-hydrogen) atoms. The second-order valence-corrected chi connectivity index (χ2v) is 16.4. The number of ether oxygens (including phenoxy) is 1. The summed E-state index contributed by atoms with van der Waals surface area (Å²) in [5.41, 5.74) is 4.10. The van der Waals surface area contributed by atoms with Gasteiger partial charge in [0.2, 0.25) is 0 Å². The molecule has 1 aliphatic heterocycles. The Morgan fingerprint density at radius 3 is 1.30 bits per heavy atom. The van der Waals surface area contributed by atoms with Crippen molar-refractivity contribution in [3.63, 3.8) is 0 Å². The van der Waals surface area contributed by atoms with Crippen LogP contribution in [0.2, 0.25) is 0 Å². The van der Waals surface area contributed by atoms with Gasteiger partial charge in [-0.3, -0.25) is 18.9 Å². The van der Waals surface area contributed by atoms with E-state index in [1.165, 1.54) is 78.5 Å². The highest BCUT2D eigenvalue weighted by atomic mass is 31.3. The maximum atomic E-state index is 11.8. The van der Waals surface area contributed by atoms with Gasteiger partial charge in [-0.05, 0) is 78.5 Å². The number of aliphatic hydroxyl groups excluding tert-OH is 1. The lowest BCUT2D eigenvalue weighted by Crippen LogP contribution is -2.43. The first-order valence-corrected chi connectivity index (χ1v) is 24.1. The lowest BCUT2D eigenvalue weighted by atomic mass is 10.1. The van der Waals surface area contributed by atoms with Crippen molar-refractivity contribution in [3.8, 4) is 0 Å². The number of hydrogen-bond acceptors (Lipinski definition) is 15. The molecule has 2 heterocycles. The van der Waals surface area contributed by atoms with Gasteiger partial charge in [0, 0.05) is 12.3 Å². The summed E-state index contributed by atoms with van der Waals surface area (Å²) in [5.74, 6) is 0. The minimum atomic E-state index is -5.70. The van der Waals surface area contributed by atoms with Crippen molar-refractivity contribution in [1.82, 2.24) is 29.2 Å². The van der Waals surface area contributed by atoms with Crippen molar-refractivity contribution in [2.24, 2.45) is 5.73 Å². The van der Waals surface area contributed by atoms with Gasteiger partial charge in [0.15, 0.2) is 6.23 Å². The number of phosphoric acid groups is 3. The quantitative estimate of drug-likeness (QED) is 0.0927. The van der Waals surface area contributed by atoms with Crippen LogP contribution < -0.4 is 17.0 Å². The average Bonchev–Trinajstić information content (AvgIpc) is 3.42. The average molecular weight is 888 g/mol. The highest BCUT2D eigenvalue weighted by Gasteiger charge is 2.46. The Bertz CT molecular complexity index is 1330. The van der Waals surface area contributed by atoms with Gasteiger partial charge in [0.25, 0.3) is 5.56 Å². The Morgan fingerprint density at radius 2 is 1.02 bits per heavy atom. The molecule has 0 spiro atoms. The summed E-state index contributed by atoms with van der Waals surface area (Å²) in [4.78, 5) is 69.7. The number of nitrogens with zero attached hydrogens (tertiary/aromatic N) is 5. The zero-order valence-corrected chi connectivity index (χ0v) is 38.9. The minimum Gasteiger partial charge on any atom is -0.389 e. The molecule has 0 aromatic carbocycles. The molecule has 0 saturated carbocycles. The third kappa shape index (κ3) is 28.1. The van der Waals surface area contributed by atoms with E-state index in [4.69, 9.17) is 25.2 Å². The highest BCUT2D eigenvalue weighted by Crippen LogP contribution is 2.66. The number of phosphoric ester groups is 1. The van der Waals surface area contributed by atoms with E-state index in [9.17, 15) is 33.3 Å². The Morgan fingerprint density at radius 1 is 0.667 bits per heavy atom. The van der Waals surface area contributed by atoms with Gasteiger partial charge in [-0.2, -0.15) is 8.62 Å². The van der Waals surface area contributed by atoms with Crippen LogP contribution in [0.15, 0.2) is 21.9 Å². The molecule has 1 aromatic heterocycles. The molecule has 1 saturated heterocycles. The molecule has 0 bridgehead atoms. The predicted octanol–water partition coefficient (Wildman–Crippen LogP) is 2.86. The van der Waals surface area contributed by atoms with E-state index in [-0.39, 0.29) is 0 Å². The van der Waals surface area contributed by atoms with Crippen LogP contribution in [0.25, 0.3) is 0 Å². The van der Waals surface area contributed by atoms with Crippen molar-refractivity contribution in [3.05, 3.63) is 33.1 Å². The zero-order chi connectivity index (χ0) is 45.0. The van der Waals surface area contributed by atoms with Crippen LogP contribution in [0.3, 0.4) is 0 Å². The lowest BCUT2D eigenvalue weighted by Gasteiger charge is -2.19. The van der Waals surface area contributed by atoms with Crippen LogP contribution in [0, 0.1) is 0 Å². The normalized spacial score (nSPS) is 20.0. The van der Waals surface area contributed by atoms with E-state index in [0.717, 1.165) is 16.8 Å². The molecule has 1 aromatic rings. The van der Waals surface area contributed by atoms with E-state index >= 15 is 0 Å². The van der Waals surface area contributed by atoms with Crippen molar-refractivity contribution in [2.45, 2.75) is 108 Å². The van der Waals surface area contributed by atoms with E-state index in [1.54, 1.807) is 0 Å². The Kier molecular flexibility index (Phi) is 34.3. The van der Waals surface area contributed by atoms with E-state index in [2.05, 4.69) is 116 Å². The summed E-state index contributed by atoms with van der Waals surface area (Å²) in [6.45, 7) is 39.5. The number of aromatic nitrogens is 2. The van der Waals surface area contributed by atoms with Gasteiger partial charge >= 0.3 is 29.2 Å². The number of hydrogen-bond donors (Lipinski definition) is 7. The van der Waals surface area contributed by atoms with Gasteiger partial charge in [0.05, 0.1) is 12.6 Å². The van der Waals surface area contributed by atoms with Crippen LogP contribution in [0.5, 0.6) is 0 Å². The van der Waals surface area contributed by atoms with Gasteiger partial charge in [-0.1, -0.05) is 83.1 Å². The number of H-pyrrole nitrogens is 1. The van der Waals surface area contributed by atoms with E-state index < -0.39 is 65.8 Å². The number of nitrogens with one attached hydrogen (secondary N) is 1. The number of aliphatic hydroxyl groups is 1. The summed E-state index contributed by atoms with van der Waals surface area (Å²) in [7, 11) is -16.7. The largest absolute Gasteiger partial charge is 0.490 e. The molecule has 6 atom stereocenters. The fraction of sp³-hybridized carbons (Fsp3) is 0.879. The summed E-state index contributed by atoms with van der Waals surface area (Å²) < 4.78 is 51.0. The van der Waals surface area contributed by atoms with Crippen LogP contribution in [0.1, 0.15) is 89.3 Å². The van der Waals surface area contributed by atoms with Gasteiger partial charge in [-0.25, -0.2) is 18.5 Å². The Hall–Kier alpha value is -1.19.